The van der Waals surface area contributed by atoms with Crippen molar-refractivity contribution in [2.45, 2.75) is 0 Å². The van der Waals surface area contributed by atoms with E-state index in [1.165, 1.54) is 16.2 Å². The molecule has 0 aliphatic rings. The van der Waals surface area contributed by atoms with Crippen LogP contribution in [-0.4, -0.2) is 52.3 Å². The van der Waals surface area contributed by atoms with Gasteiger partial charge >= 0.3 is 0 Å². The number of hydrogen-bond acceptors (Lipinski definition) is 5. The number of rotatable bonds is 7. The molecule has 3 aromatic rings. The average molecular weight is 386 g/mol. The molecule has 7 heteroatoms. The summed E-state index contributed by atoms with van der Waals surface area (Å²) in [6.45, 7) is 1.37. The van der Waals surface area contributed by atoms with Crippen LogP contribution in [-0.2, 0) is 0 Å². The molecule has 0 saturated carbocycles. The molecule has 2 aromatic carbocycles. The summed E-state index contributed by atoms with van der Waals surface area (Å²) in [5.41, 5.74) is 1.39. The van der Waals surface area contributed by atoms with Gasteiger partial charge in [0.2, 0.25) is 0 Å². The topological polar surface area (TPSA) is 56.1 Å². The van der Waals surface area contributed by atoms with Crippen LogP contribution in [0.15, 0.2) is 42.5 Å². The molecule has 27 heavy (non-hydrogen) atoms. The fourth-order valence-electron chi connectivity index (χ4n) is 2.72. The van der Waals surface area contributed by atoms with Gasteiger partial charge in [0.05, 0.1) is 57.2 Å². The van der Waals surface area contributed by atoms with E-state index in [0.29, 0.717) is 28.7 Å². The Labute approximate surface area is 162 Å². The number of ether oxygens (including phenoxy) is 2. The Balaban J connectivity index is 2.00. The van der Waals surface area contributed by atoms with Crippen LogP contribution in [0.5, 0.6) is 11.5 Å². The van der Waals surface area contributed by atoms with Gasteiger partial charge in [0.1, 0.15) is 11.5 Å². The molecular weight excluding hydrogens is 362 g/mol. The summed E-state index contributed by atoms with van der Waals surface area (Å²) in [4.78, 5) is 21.1. The number of nitrogens with one attached hydrogen (secondary N) is 1. The van der Waals surface area contributed by atoms with Crippen molar-refractivity contribution in [3.8, 4) is 11.5 Å². The van der Waals surface area contributed by atoms with Crippen LogP contribution < -0.4 is 19.3 Å². The zero-order chi connectivity index (χ0) is 19.4. The summed E-state index contributed by atoms with van der Waals surface area (Å²) < 4.78 is 11.7. The van der Waals surface area contributed by atoms with Crippen LogP contribution in [0.1, 0.15) is 10.4 Å². The van der Waals surface area contributed by atoms with E-state index < -0.39 is 0 Å². The molecule has 1 aromatic heterocycles. The molecule has 0 saturated heterocycles. The second-order valence-corrected chi connectivity index (χ2v) is 7.45. The van der Waals surface area contributed by atoms with Crippen molar-refractivity contribution < 1.29 is 19.2 Å². The van der Waals surface area contributed by atoms with Crippen LogP contribution in [0.4, 0.5) is 5.13 Å². The second-order valence-electron chi connectivity index (χ2n) is 6.44. The molecule has 6 nitrogen and oxygen atoms in total. The quantitative estimate of drug-likeness (QED) is 0.676. The minimum Gasteiger partial charge on any atom is -0.497 e. The first-order valence-electron chi connectivity index (χ1n) is 8.72. The van der Waals surface area contributed by atoms with Gasteiger partial charge in [0.15, 0.2) is 5.13 Å². The third kappa shape index (κ3) is 4.20. The number of methoxy groups -OCH3 is 2. The molecule has 0 radical (unpaired) electrons. The molecule has 3 rings (SSSR count). The first-order valence-corrected chi connectivity index (χ1v) is 9.53. The average Bonchev–Trinajstić information content (AvgIpc) is 3.10. The normalized spacial score (nSPS) is 11.0. The molecule has 0 spiro atoms. The molecule has 0 atom stereocenters. The zero-order valence-corrected chi connectivity index (χ0v) is 16.8. The standard InChI is InChI=1S/C20H23N3O3S/c1-22(2)11-12-23(20-21-16-7-5-6-8-18(16)27-20)19(24)15-10-9-14(25-3)13-17(15)26-4/h5-10,13H,11-12H2,1-4H3/p+1. The van der Waals surface area contributed by atoms with E-state index in [0.717, 1.165) is 16.8 Å². The highest BCUT2D eigenvalue weighted by Gasteiger charge is 2.25. The molecule has 142 valence electrons. The number of benzene rings is 2. The molecule has 1 amide bonds. The molecular formula is C20H24N3O3S+. The highest BCUT2D eigenvalue weighted by molar-refractivity contribution is 7.22. The van der Waals surface area contributed by atoms with E-state index in [1.54, 1.807) is 37.3 Å². The minimum absolute atomic E-state index is 0.130. The largest absolute Gasteiger partial charge is 0.497 e. The van der Waals surface area contributed by atoms with Gasteiger partial charge in [-0.2, -0.15) is 0 Å². The number of quaternary nitrogens is 1. The molecule has 0 fully saturated rings. The molecule has 0 unspecified atom stereocenters. The number of hydrogen-bond donors (Lipinski definition) is 1. The lowest BCUT2D eigenvalue weighted by atomic mass is 10.1. The summed E-state index contributed by atoms with van der Waals surface area (Å²) in [6.07, 6.45) is 0. The van der Waals surface area contributed by atoms with Crippen molar-refractivity contribution in [2.24, 2.45) is 0 Å². The van der Waals surface area contributed by atoms with Crippen LogP contribution in [0.3, 0.4) is 0 Å². The summed E-state index contributed by atoms with van der Waals surface area (Å²) in [5, 5.41) is 0.695. The van der Waals surface area contributed by atoms with Crippen molar-refractivity contribution in [1.29, 1.82) is 0 Å². The Morgan fingerprint density at radius 2 is 1.93 bits per heavy atom. The Kier molecular flexibility index (Phi) is 5.93. The third-order valence-corrected chi connectivity index (χ3v) is 5.29. The SMILES string of the molecule is COc1ccc(C(=O)N(CC[NH+](C)C)c2nc3ccccc3s2)c(OC)c1. The number of nitrogens with zero attached hydrogens (tertiary/aromatic N) is 2. The van der Waals surface area contributed by atoms with Gasteiger partial charge < -0.3 is 14.4 Å². The van der Waals surface area contributed by atoms with Gasteiger partial charge in [0, 0.05) is 6.07 Å². The predicted molar refractivity (Wildman–Crippen MR) is 109 cm³/mol. The number of carbonyl (C=O) groups is 1. The lowest BCUT2D eigenvalue weighted by molar-refractivity contribution is -0.856. The number of fused-ring (bicyclic) bond motifs is 1. The van der Waals surface area contributed by atoms with Crippen molar-refractivity contribution in [1.82, 2.24) is 4.98 Å². The van der Waals surface area contributed by atoms with Gasteiger partial charge in [-0.1, -0.05) is 23.5 Å². The van der Waals surface area contributed by atoms with Crippen molar-refractivity contribution in [3.63, 3.8) is 0 Å². The number of para-hydroxylation sites is 1. The number of thiazole rings is 1. The Morgan fingerprint density at radius 3 is 2.59 bits per heavy atom. The molecule has 1 N–H and O–H groups in total. The fourth-order valence-corrected chi connectivity index (χ4v) is 3.71. The van der Waals surface area contributed by atoms with E-state index in [9.17, 15) is 4.79 Å². The monoisotopic (exact) mass is 386 g/mol. The highest BCUT2D eigenvalue weighted by atomic mass is 32.1. The Morgan fingerprint density at radius 1 is 1.15 bits per heavy atom. The van der Waals surface area contributed by atoms with Crippen LogP contribution >= 0.6 is 11.3 Å². The van der Waals surface area contributed by atoms with E-state index >= 15 is 0 Å². The van der Waals surface area contributed by atoms with Gasteiger partial charge in [0.25, 0.3) is 5.91 Å². The van der Waals surface area contributed by atoms with Crippen LogP contribution in [0.25, 0.3) is 10.2 Å². The maximum absolute atomic E-state index is 13.4. The van der Waals surface area contributed by atoms with Gasteiger partial charge in [-0.25, -0.2) is 4.98 Å². The lowest BCUT2D eigenvalue weighted by Gasteiger charge is -2.22. The lowest BCUT2D eigenvalue weighted by Crippen LogP contribution is -3.06. The summed E-state index contributed by atoms with van der Waals surface area (Å²) in [6, 6.07) is 13.1. The fraction of sp³-hybridized carbons (Fsp3) is 0.300. The van der Waals surface area contributed by atoms with E-state index in [2.05, 4.69) is 19.1 Å². The van der Waals surface area contributed by atoms with Crippen molar-refractivity contribution in [2.75, 3.05) is 46.3 Å². The first-order chi connectivity index (χ1) is 13.0. The van der Waals surface area contributed by atoms with Gasteiger partial charge in [-0.15, -0.1) is 0 Å². The number of amides is 1. The summed E-state index contributed by atoms with van der Waals surface area (Å²) in [5.74, 6) is 1.00. The minimum atomic E-state index is -0.130. The summed E-state index contributed by atoms with van der Waals surface area (Å²) >= 11 is 1.52. The number of anilines is 1. The predicted octanol–water partition coefficient (Wildman–Crippen LogP) is 2.10. The van der Waals surface area contributed by atoms with Crippen LogP contribution in [0.2, 0.25) is 0 Å². The number of aromatic nitrogens is 1. The zero-order valence-electron chi connectivity index (χ0n) is 16.0. The number of likely N-dealkylation sites (N-methyl/N-ethyl adjacent to an activating group) is 1. The highest BCUT2D eigenvalue weighted by Crippen LogP contribution is 2.31. The Hall–Kier alpha value is -2.64. The molecule has 0 aliphatic heterocycles. The van der Waals surface area contributed by atoms with Crippen molar-refractivity contribution in [3.05, 3.63) is 48.0 Å². The molecule has 1 heterocycles. The Bertz CT molecular complexity index is 906. The maximum Gasteiger partial charge on any atom is 0.264 e. The molecule has 0 aliphatic carbocycles. The second kappa shape index (κ2) is 8.37. The summed E-state index contributed by atoms with van der Waals surface area (Å²) in [7, 11) is 7.27. The smallest absolute Gasteiger partial charge is 0.264 e. The molecule has 0 bridgehead atoms. The van der Waals surface area contributed by atoms with E-state index in [-0.39, 0.29) is 5.91 Å². The van der Waals surface area contributed by atoms with Gasteiger partial charge in [-0.3, -0.25) is 9.69 Å². The maximum atomic E-state index is 13.4. The number of carbonyl (C=O) groups excluding carboxylic acids is 1. The van der Waals surface area contributed by atoms with Gasteiger partial charge in [-0.05, 0) is 24.3 Å². The van der Waals surface area contributed by atoms with E-state index in [1.807, 2.05) is 24.3 Å². The third-order valence-electron chi connectivity index (χ3n) is 4.23. The first kappa shape index (κ1) is 19.1. The van der Waals surface area contributed by atoms with Crippen LogP contribution in [0, 0.1) is 0 Å². The van der Waals surface area contributed by atoms with E-state index in [4.69, 9.17) is 9.47 Å². The van der Waals surface area contributed by atoms with Crippen molar-refractivity contribution >= 4 is 32.6 Å².